The van der Waals surface area contributed by atoms with Crippen molar-refractivity contribution in [2.45, 2.75) is 24.9 Å². The quantitative estimate of drug-likeness (QED) is 0.892. The highest BCUT2D eigenvalue weighted by molar-refractivity contribution is 9.10. The molecule has 0 atom stereocenters. The molecule has 1 amide bonds. The molecule has 0 unspecified atom stereocenters. The van der Waals surface area contributed by atoms with Gasteiger partial charge in [0, 0.05) is 17.6 Å². The minimum Gasteiger partial charge on any atom is -0.496 e. The molecular formula is C12H15BrN2O2. The fraction of sp³-hybridized carbons (Fsp3) is 0.417. The van der Waals surface area contributed by atoms with Crippen molar-refractivity contribution in [3.8, 4) is 5.75 Å². The number of benzene rings is 1. The van der Waals surface area contributed by atoms with Crippen molar-refractivity contribution < 1.29 is 9.53 Å². The number of nitrogens with two attached hydrogens (primary N) is 1. The molecule has 92 valence electrons. The van der Waals surface area contributed by atoms with Gasteiger partial charge in [-0.2, -0.15) is 0 Å². The molecular weight excluding hydrogens is 284 g/mol. The van der Waals surface area contributed by atoms with Crippen molar-refractivity contribution in [3.63, 3.8) is 0 Å². The van der Waals surface area contributed by atoms with Gasteiger partial charge < -0.3 is 15.8 Å². The number of carbonyl (C=O) groups excluding carboxylic acids is 1. The van der Waals surface area contributed by atoms with E-state index in [0.717, 1.165) is 17.3 Å². The van der Waals surface area contributed by atoms with Gasteiger partial charge in [0.15, 0.2) is 0 Å². The number of methoxy groups -OCH3 is 1. The topological polar surface area (TPSA) is 64.3 Å². The molecule has 1 saturated carbocycles. The summed E-state index contributed by atoms with van der Waals surface area (Å²) in [5, 5.41) is 2.95. The van der Waals surface area contributed by atoms with Gasteiger partial charge in [-0.3, -0.25) is 4.79 Å². The molecule has 4 nitrogen and oxygen atoms in total. The van der Waals surface area contributed by atoms with E-state index in [9.17, 15) is 4.79 Å². The molecule has 1 aliphatic carbocycles. The fourth-order valence-corrected chi connectivity index (χ4v) is 2.40. The van der Waals surface area contributed by atoms with Crippen LogP contribution in [-0.2, 0) is 0 Å². The number of hydrogen-bond donors (Lipinski definition) is 2. The van der Waals surface area contributed by atoms with Crippen LogP contribution in [0, 0.1) is 0 Å². The van der Waals surface area contributed by atoms with E-state index in [0.29, 0.717) is 11.3 Å². The van der Waals surface area contributed by atoms with Gasteiger partial charge in [0.25, 0.3) is 5.91 Å². The lowest BCUT2D eigenvalue weighted by Crippen LogP contribution is -2.50. The number of nitrogens with one attached hydrogen (secondary N) is 1. The summed E-state index contributed by atoms with van der Waals surface area (Å²) in [5.41, 5.74) is 6.29. The van der Waals surface area contributed by atoms with E-state index in [1.54, 1.807) is 25.3 Å². The predicted molar refractivity (Wildman–Crippen MR) is 69.2 cm³/mol. The Morgan fingerprint density at radius 3 is 2.76 bits per heavy atom. The summed E-state index contributed by atoms with van der Waals surface area (Å²) in [6.07, 6.45) is 1.73. The minimum absolute atomic E-state index is 0.0646. The highest BCUT2D eigenvalue weighted by atomic mass is 79.9. The number of rotatable bonds is 3. The van der Waals surface area contributed by atoms with Gasteiger partial charge in [-0.1, -0.05) is 0 Å². The minimum atomic E-state index is -0.0646. The summed E-state index contributed by atoms with van der Waals surface area (Å²) >= 11 is 3.36. The van der Waals surface area contributed by atoms with Crippen LogP contribution in [-0.4, -0.2) is 25.1 Å². The monoisotopic (exact) mass is 298 g/mol. The van der Waals surface area contributed by atoms with Gasteiger partial charge >= 0.3 is 0 Å². The fourth-order valence-electron chi connectivity index (χ4n) is 1.86. The molecule has 3 N–H and O–H groups in total. The van der Waals surface area contributed by atoms with Gasteiger partial charge in [-0.25, -0.2) is 0 Å². The first-order valence-electron chi connectivity index (χ1n) is 5.50. The maximum atomic E-state index is 11.9. The Morgan fingerprint density at radius 2 is 2.24 bits per heavy atom. The first-order chi connectivity index (χ1) is 8.10. The Morgan fingerprint density at radius 1 is 1.53 bits per heavy atom. The molecule has 0 aliphatic heterocycles. The molecule has 1 fully saturated rings. The van der Waals surface area contributed by atoms with Crippen LogP contribution >= 0.6 is 15.9 Å². The Kier molecular flexibility index (Phi) is 3.69. The number of amides is 1. The van der Waals surface area contributed by atoms with Crippen molar-refractivity contribution in [2.75, 3.05) is 7.11 Å². The van der Waals surface area contributed by atoms with E-state index in [1.165, 1.54) is 0 Å². The van der Waals surface area contributed by atoms with Gasteiger partial charge in [-0.15, -0.1) is 0 Å². The molecule has 1 aliphatic rings. The van der Waals surface area contributed by atoms with Crippen molar-refractivity contribution in [1.29, 1.82) is 0 Å². The zero-order chi connectivity index (χ0) is 12.4. The second kappa shape index (κ2) is 5.06. The van der Waals surface area contributed by atoms with Crippen LogP contribution in [0.2, 0.25) is 0 Å². The third-order valence-electron chi connectivity index (χ3n) is 2.92. The Labute approximate surface area is 109 Å². The molecule has 1 aromatic rings. The largest absolute Gasteiger partial charge is 0.496 e. The van der Waals surface area contributed by atoms with Crippen molar-refractivity contribution >= 4 is 21.8 Å². The lowest BCUT2D eigenvalue weighted by molar-refractivity contribution is 0.0910. The van der Waals surface area contributed by atoms with Crippen LogP contribution in [0.5, 0.6) is 5.75 Å². The Bertz CT molecular complexity index is 431. The van der Waals surface area contributed by atoms with Gasteiger partial charge in [0.2, 0.25) is 0 Å². The maximum absolute atomic E-state index is 11.9. The lowest BCUT2D eigenvalue weighted by Gasteiger charge is -2.32. The van der Waals surface area contributed by atoms with Gasteiger partial charge in [-0.05, 0) is 47.0 Å². The van der Waals surface area contributed by atoms with Crippen molar-refractivity contribution in [3.05, 3.63) is 28.2 Å². The summed E-state index contributed by atoms with van der Waals surface area (Å²) in [4.78, 5) is 11.9. The van der Waals surface area contributed by atoms with Gasteiger partial charge in [0.05, 0.1) is 11.6 Å². The standard InChI is InChI=1S/C12H15BrN2O2/c1-17-11-3-2-7(4-10(11)13)12(16)15-9-5-8(14)6-9/h2-4,8-9H,5-6,14H2,1H3,(H,15,16). The summed E-state index contributed by atoms with van der Waals surface area (Å²) in [6.45, 7) is 0. The summed E-state index contributed by atoms with van der Waals surface area (Å²) in [6, 6.07) is 5.73. The maximum Gasteiger partial charge on any atom is 0.251 e. The van der Waals surface area contributed by atoms with E-state index in [2.05, 4.69) is 21.2 Å². The molecule has 0 radical (unpaired) electrons. The van der Waals surface area contributed by atoms with E-state index in [1.807, 2.05) is 0 Å². The lowest BCUT2D eigenvalue weighted by atomic mass is 9.87. The Balaban J connectivity index is 2.01. The van der Waals surface area contributed by atoms with Crippen LogP contribution in [0.4, 0.5) is 0 Å². The summed E-state index contributed by atoms with van der Waals surface area (Å²) < 4.78 is 5.89. The number of carbonyl (C=O) groups is 1. The SMILES string of the molecule is COc1ccc(C(=O)NC2CC(N)C2)cc1Br. The smallest absolute Gasteiger partial charge is 0.251 e. The molecule has 2 rings (SSSR count). The normalized spacial score (nSPS) is 22.8. The highest BCUT2D eigenvalue weighted by Crippen LogP contribution is 2.26. The van der Waals surface area contributed by atoms with E-state index < -0.39 is 0 Å². The zero-order valence-corrected chi connectivity index (χ0v) is 11.2. The average molecular weight is 299 g/mol. The zero-order valence-electron chi connectivity index (χ0n) is 9.57. The third-order valence-corrected chi connectivity index (χ3v) is 3.54. The molecule has 1 aromatic carbocycles. The molecule has 5 heteroatoms. The second-order valence-electron chi connectivity index (χ2n) is 4.25. The first-order valence-corrected chi connectivity index (χ1v) is 6.29. The number of ether oxygens (including phenoxy) is 1. The van der Waals surface area contributed by atoms with Crippen LogP contribution in [0.3, 0.4) is 0 Å². The molecule has 0 aromatic heterocycles. The molecule has 17 heavy (non-hydrogen) atoms. The van der Waals surface area contributed by atoms with Crippen molar-refractivity contribution in [2.24, 2.45) is 5.73 Å². The van der Waals surface area contributed by atoms with Crippen molar-refractivity contribution in [1.82, 2.24) is 5.32 Å². The summed E-state index contributed by atoms with van der Waals surface area (Å²) in [5.74, 6) is 0.650. The van der Waals surface area contributed by atoms with Crippen LogP contribution in [0.15, 0.2) is 22.7 Å². The molecule has 0 saturated heterocycles. The second-order valence-corrected chi connectivity index (χ2v) is 5.11. The summed E-state index contributed by atoms with van der Waals surface area (Å²) in [7, 11) is 1.59. The van der Waals surface area contributed by atoms with E-state index >= 15 is 0 Å². The Hall–Kier alpha value is -1.07. The van der Waals surface area contributed by atoms with E-state index in [4.69, 9.17) is 10.5 Å². The average Bonchev–Trinajstić information content (AvgIpc) is 2.26. The molecule has 0 heterocycles. The number of hydrogen-bond acceptors (Lipinski definition) is 3. The third kappa shape index (κ3) is 2.79. The highest BCUT2D eigenvalue weighted by Gasteiger charge is 2.27. The first kappa shape index (κ1) is 12.4. The van der Waals surface area contributed by atoms with Crippen LogP contribution < -0.4 is 15.8 Å². The predicted octanol–water partition coefficient (Wildman–Crippen LogP) is 1.68. The molecule has 0 bridgehead atoms. The molecule has 0 spiro atoms. The van der Waals surface area contributed by atoms with E-state index in [-0.39, 0.29) is 18.0 Å². The van der Waals surface area contributed by atoms with Gasteiger partial charge in [0.1, 0.15) is 5.75 Å². The van der Waals surface area contributed by atoms with Crippen LogP contribution in [0.25, 0.3) is 0 Å². The van der Waals surface area contributed by atoms with Crippen LogP contribution in [0.1, 0.15) is 23.2 Å². The number of halogens is 1.